The minimum atomic E-state index is -0.713. The summed E-state index contributed by atoms with van der Waals surface area (Å²) in [6.45, 7) is 23.4. The van der Waals surface area contributed by atoms with Gasteiger partial charge in [0.15, 0.2) is 0 Å². The van der Waals surface area contributed by atoms with Gasteiger partial charge < -0.3 is 23.7 Å². The summed E-state index contributed by atoms with van der Waals surface area (Å²) in [5.41, 5.74) is -2.85. The molecule has 0 unspecified atom stereocenters. The molecule has 0 spiro atoms. The van der Waals surface area contributed by atoms with Crippen LogP contribution in [-0.2, 0) is 47.7 Å². The Balaban J connectivity index is 5.96. The number of ether oxygens (including phenoxy) is 5. The van der Waals surface area contributed by atoms with E-state index < -0.39 is 52.3 Å². The summed E-state index contributed by atoms with van der Waals surface area (Å²) in [5, 5.41) is 0. The molecule has 0 atom stereocenters. The fourth-order valence-corrected chi connectivity index (χ4v) is 3.93. The fraction of sp³-hybridized carbons (Fsp3) is 0.848. The van der Waals surface area contributed by atoms with Crippen molar-refractivity contribution >= 4 is 29.8 Å². The van der Waals surface area contributed by atoms with E-state index >= 15 is 0 Å². The summed E-state index contributed by atoms with van der Waals surface area (Å²) in [6.07, 6.45) is 0.658. The molecular formula is C33H61N3O10. The number of hydrogen-bond donors (Lipinski definition) is 0. The smallest absolute Gasteiger partial charge is 0.320 e. The van der Waals surface area contributed by atoms with E-state index in [0.717, 1.165) is 0 Å². The van der Waals surface area contributed by atoms with Crippen molar-refractivity contribution in [2.75, 3.05) is 65.5 Å². The zero-order valence-electron chi connectivity index (χ0n) is 30.7. The van der Waals surface area contributed by atoms with E-state index in [0.29, 0.717) is 6.42 Å². The van der Waals surface area contributed by atoms with Gasteiger partial charge in [-0.05, 0) is 89.5 Å². The zero-order chi connectivity index (χ0) is 35.9. The van der Waals surface area contributed by atoms with Crippen LogP contribution >= 0.6 is 0 Å². The minimum Gasteiger partial charge on any atom is -0.465 e. The highest BCUT2D eigenvalue weighted by molar-refractivity contribution is 5.76. The van der Waals surface area contributed by atoms with Gasteiger partial charge in [-0.25, -0.2) is 0 Å². The molecule has 13 nitrogen and oxygen atoms in total. The number of carbonyl (C=O) groups is 5. The van der Waals surface area contributed by atoms with E-state index in [2.05, 4.69) is 0 Å². The SMILES string of the molecule is CCCOC(=O)CN(CCN(CC(=O)OC(C)(C)C)CC(=O)OC(C)(C)C)CCN(CC(=O)OC(C)(C)C)CC(=O)OC(C)(C)C. The van der Waals surface area contributed by atoms with Crippen LogP contribution in [0.3, 0.4) is 0 Å². The molecule has 46 heavy (non-hydrogen) atoms. The van der Waals surface area contributed by atoms with Crippen molar-refractivity contribution in [3.63, 3.8) is 0 Å². The van der Waals surface area contributed by atoms with Gasteiger partial charge in [-0.15, -0.1) is 0 Å². The molecule has 0 heterocycles. The molecule has 0 bridgehead atoms. The lowest BCUT2D eigenvalue weighted by Gasteiger charge is -2.30. The molecule has 0 aromatic heterocycles. The maximum Gasteiger partial charge on any atom is 0.320 e. The van der Waals surface area contributed by atoms with Crippen molar-refractivity contribution in [1.82, 2.24) is 14.7 Å². The Bertz CT molecular complexity index is 860. The fourth-order valence-electron chi connectivity index (χ4n) is 3.93. The van der Waals surface area contributed by atoms with Gasteiger partial charge in [-0.3, -0.25) is 38.7 Å². The molecule has 0 aliphatic carbocycles. The first-order valence-corrected chi connectivity index (χ1v) is 16.0. The quantitative estimate of drug-likeness (QED) is 0.157. The highest BCUT2D eigenvalue weighted by atomic mass is 16.6. The largest absolute Gasteiger partial charge is 0.465 e. The van der Waals surface area contributed by atoms with E-state index in [1.165, 1.54) is 0 Å². The summed E-state index contributed by atoms with van der Waals surface area (Å²) in [4.78, 5) is 68.4. The van der Waals surface area contributed by atoms with Crippen LogP contribution in [0.2, 0.25) is 0 Å². The molecule has 268 valence electrons. The van der Waals surface area contributed by atoms with Crippen molar-refractivity contribution < 1.29 is 47.7 Å². The average molecular weight is 660 g/mol. The van der Waals surface area contributed by atoms with Gasteiger partial charge in [-0.2, -0.15) is 0 Å². The first-order chi connectivity index (χ1) is 20.8. The third kappa shape index (κ3) is 25.4. The maximum absolute atomic E-state index is 12.7. The molecule has 0 fully saturated rings. The lowest BCUT2D eigenvalue weighted by atomic mass is 10.2. The van der Waals surface area contributed by atoms with Crippen molar-refractivity contribution in [2.45, 2.75) is 119 Å². The standard InChI is InChI=1S/C33H61N3O10/c1-14-19-42-25(37)20-34(15-17-35(21-26(38)43-30(2,3)4)22-27(39)44-31(5,6)7)16-18-36(23-28(40)45-32(8,9)10)24-29(41)46-33(11,12)13/h14-24H2,1-13H3. The zero-order valence-corrected chi connectivity index (χ0v) is 30.7. The van der Waals surface area contributed by atoms with E-state index in [-0.39, 0.29) is 65.5 Å². The highest BCUT2D eigenvalue weighted by Gasteiger charge is 2.27. The Morgan fingerprint density at radius 1 is 0.413 bits per heavy atom. The summed E-state index contributed by atoms with van der Waals surface area (Å²) < 4.78 is 27.2. The minimum absolute atomic E-state index is 0.0839. The molecule has 0 aromatic rings. The Morgan fingerprint density at radius 3 is 0.891 bits per heavy atom. The predicted octanol–water partition coefficient (Wildman–Crippen LogP) is 3.21. The van der Waals surface area contributed by atoms with Gasteiger partial charge in [0.1, 0.15) is 22.4 Å². The van der Waals surface area contributed by atoms with Crippen LogP contribution in [0.25, 0.3) is 0 Å². The summed E-state index contributed by atoms with van der Waals surface area (Å²) in [5.74, 6) is -2.48. The van der Waals surface area contributed by atoms with E-state index in [9.17, 15) is 24.0 Å². The lowest BCUT2D eigenvalue weighted by Crippen LogP contribution is -2.47. The predicted molar refractivity (Wildman–Crippen MR) is 174 cm³/mol. The topological polar surface area (TPSA) is 141 Å². The van der Waals surface area contributed by atoms with Gasteiger partial charge in [0, 0.05) is 26.2 Å². The molecule has 0 amide bonds. The molecule has 0 aromatic carbocycles. The molecule has 0 N–H and O–H groups in total. The van der Waals surface area contributed by atoms with Gasteiger partial charge >= 0.3 is 29.8 Å². The van der Waals surface area contributed by atoms with Crippen LogP contribution in [0.1, 0.15) is 96.4 Å². The van der Waals surface area contributed by atoms with Gasteiger partial charge in [-0.1, -0.05) is 6.92 Å². The van der Waals surface area contributed by atoms with Crippen molar-refractivity contribution in [3.05, 3.63) is 0 Å². The van der Waals surface area contributed by atoms with Crippen molar-refractivity contribution in [2.24, 2.45) is 0 Å². The number of esters is 5. The first-order valence-electron chi connectivity index (χ1n) is 16.0. The summed E-state index contributed by atoms with van der Waals surface area (Å²) in [6, 6.07) is 0. The van der Waals surface area contributed by atoms with E-state index in [4.69, 9.17) is 23.7 Å². The third-order valence-corrected chi connectivity index (χ3v) is 5.38. The van der Waals surface area contributed by atoms with E-state index in [1.54, 1.807) is 97.8 Å². The van der Waals surface area contributed by atoms with Crippen LogP contribution in [0, 0.1) is 0 Å². The molecule has 13 heteroatoms. The van der Waals surface area contributed by atoms with Crippen LogP contribution in [0.5, 0.6) is 0 Å². The lowest BCUT2D eigenvalue weighted by molar-refractivity contribution is -0.162. The van der Waals surface area contributed by atoms with E-state index in [1.807, 2.05) is 6.92 Å². The molecule has 0 aliphatic rings. The van der Waals surface area contributed by atoms with Crippen LogP contribution in [0.4, 0.5) is 0 Å². The summed E-state index contributed by atoms with van der Waals surface area (Å²) >= 11 is 0. The van der Waals surface area contributed by atoms with Gasteiger partial charge in [0.25, 0.3) is 0 Å². The maximum atomic E-state index is 12.7. The Morgan fingerprint density at radius 2 is 0.652 bits per heavy atom. The number of carbonyl (C=O) groups excluding carboxylic acids is 5. The van der Waals surface area contributed by atoms with Crippen LogP contribution in [-0.4, -0.2) is 132 Å². The number of nitrogens with zero attached hydrogens (tertiary/aromatic N) is 3. The summed E-state index contributed by atoms with van der Waals surface area (Å²) in [7, 11) is 0. The second-order valence-electron chi connectivity index (χ2n) is 15.3. The monoisotopic (exact) mass is 659 g/mol. The molecular weight excluding hydrogens is 598 g/mol. The molecule has 0 saturated carbocycles. The van der Waals surface area contributed by atoms with Crippen LogP contribution in [0.15, 0.2) is 0 Å². The van der Waals surface area contributed by atoms with Gasteiger partial charge in [0.2, 0.25) is 0 Å². The number of rotatable bonds is 18. The Kier molecular flexibility index (Phi) is 18.0. The normalized spacial score (nSPS) is 12.7. The van der Waals surface area contributed by atoms with Gasteiger partial charge in [0.05, 0.1) is 39.3 Å². The molecule has 0 rings (SSSR count). The van der Waals surface area contributed by atoms with Crippen LogP contribution < -0.4 is 0 Å². The van der Waals surface area contributed by atoms with Crippen molar-refractivity contribution in [1.29, 1.82) is 0 Å². The molecule has 0 radical (unpaired) electrons. The average Bonchev–Trinajstić information content (AvgIpc) is 2.79. The number of hydrogen-bond acceptors (Lipinski definition) is 13. The Hall–Kier alpha value is -2.77. The molecule has 0 aliphatic heterocycles. The third-order valence-electron chi connectivity index (χ3n) is 5.38. The Labute approximate surface area is 276 Å². The molecule has 0 saturated heterocycles. The highest BCUT2D eigenvalue weighted by Crippen LogP contribution is 2.12. The second kappa shape index (κ2) is 19.1. The van der Waals surface area contributed by atoms with Crippen molar-refractivity contribution in [3.8, 4) is 0 Å². The first kappa shape index (κ1) is 43.2. The second-order valence-corrected chi connectivity index (χ2v) is 15.3.